The lowest BCUT2D eigenvalue weighted by molar-refractivity contribution is -0.136. The molecule has 1 heterocycles. The van der Waals surface area contributed by atoms with Crippen molar-refractivity contribution in [3.63, 3.8) is 0 Å². The normalized spacial score (nSPS) is 10.2. The maximum atomic E-state index is 10.6. The van der Waals surface area contributed by atoms with E-state index in [9.17, 15) is 4.79 Å². The fourth-order valence-corrected chi connectivity index (χ4v) is 1.68. The number of imidazole rings is 1. The first-order valence-corrected chi connectivity index (χ1v) is 4.78. The van der Waals surface area contributed by atoms with Crippen molar-refractivity contribution in [1.29, 1.82) is 5.26 Å². The summed E-state index contributed by atoms with van der Waals surface area (Å²) in [6.45, 7) is 0. The number of carboxylic acid groups (broad SMARTS) is 1. The van der Waals surface area contributed by atoms with Gasteiger partial charge in [0.1, 0.15) is 0 Å². The van der Waals surface area contributed by atoms with Crippen molar-refractivity contribution < 1.29 is 9.90 Å². The van der Waals surface area contributed by atoms with Crippen molar-refractivity contribution >= 4 is 28.6 Å². The third-order valence-corrected chi connectivity index (χ3v) is 2.32. The molecule has 2 aromatic rings. The van der Waals surface area contributed by atoms with E-state index in [0.29, 0.717) is 22.2 Å². The molecule has 1 aromatic heterocycles. The Kier molecular flexibility index (Phi) is 2.50. The van der Waals surface area contributed by atoms with Crippen LogP contribution >= 0.6 is 11.6 Å². The number of benzene rings is 1. The molecule has 0 saturated heterocycles. The van der Waals surface area contributed by atoms with Crippen LogP contribution in [-0.4, -0.2) is 21.0 Å². The van der Waals surface area contributed by atoms with Gasteiger partial charge in [0, 0.05) is 0 Å². The number of hydrogen-bond donors (Lipinski definition) is 2. The molecule has 0 saturated carbocycles. The summed E-state index contributed by atoms with van der Waals surface area (Å²) in [6, 6.07) is 5.05. The van der Waals surface area contributed by atoms with Crippen molar-refractivity contribution in [3.05, 3.63) is 28.5 Å². The lowest BCUT2D eigenvalue weighted by Gasteiger charge is -2.00. The lowest BCUT2D eigenvalue weighted by atomic mass is 10.0. The highest BCUT2D eigenvalue weighted by Crippen LogP contribution is 2.20. The molecule has 80 valence electrons. The van der Waals surface area contributed by atoms with Gasteiger partial charge in [-0.05, 0) is 29.3 Å². The molecule has 0 fully saturated rings. The Labute approximate surface area is 95.3 Å². The fourth-order valence-electron chi connectivity index (χ4n) is 1.48. The summed E-state index contributed by atoms with van der Waals surface area (Å²) in [5.74, 6) is -0.985. The Balaban J connectivity index is 2.63. The van der Waals surface area contributed by atoms with Gasteiger partial charge in [-0.3, -0.25) is 4.79 Å². The topological polar surface area (TPSA) is 89.8 Å². The van der Waals surface area contributed by atoms with Gasteiger partial charge in [-0.1, -0.05) is 0 Å². The second kappa shape index (κ2) is 3.83. The van der Waals surface area contributed by atoms with Crippen LogP contribution in [0.3, 0.4) is 0 Å². The number of carbonyl (C=O) groups is 1. The predicted molar refractivity (Wildman–Crippen MR) is 57.2 cm³/mol. The number of hydrogen-bond acceptors (Lipinski definition) is 3. The maximum absolute atomic E-state index is 10.6. The number of halogens is 1. The molecular formula is C10H6ClN3O2. The summed E-state index contributed by atoms with van der Waals surface area (Å²) >= 11 is 5.67. The molecular weight excluding hydrogens is 230 g/mol. The molecule has 0 aliphatic rings. The van der Waals surface area contributed by atoms with Crippen LogP contribution < -0.4 is 0 Å². The zero-order valence-corrected chi connectivity index (χ0v) is 8.75. The largest absolute Gasteiger partial charge is 0.481 e. The van der Waals surface area contributed by atoms with E-state index in [-0.39, 0.29) is 11.7 Å². The average Bonchev–Trinajstić information content (AvgIpc) is 2.55. The van der Waals surface area contributed by atoms with Crippen LogP contribution in [0.15, 0.2) is 12.1 Å². The monoisotopic (exact) mass is 235 g/mol. The van der Waals surface area contributed by atoms with E-state index in [1.54, 1.807) is 6.07 Å². The molecule has 2 N–H and O–H groups in total. The lowest BCUT2D eigenvalue weighted by Crippen LogP contribution is -2.02. The van der Waals surface area contributed by atoms with Gasteiger partial charge in [-0.25, -0.2) is 4.98 Å². The van der Waals surface area contributed by atoms with Crippen molar-refractivity contribution in [3.8, 4) is 6.07 Å². The van der Waals surface area contributed by atoms with Gasteiger partial charge in [0.25, 0.3) is 0 Å². The molecule has 0 radical (unpaired) electrons. The first-order chi connectivity index (χ1) is 7.60. The number of aromatic amines is 1. The van der Waals surface area contributed by atoms with Crippen molar-refractivity contribution in [2.45, 2.75) is 6.42 Å². The molecule has 5 nitrogen and oxygen atoms in total. The van der Waals surface area contributed by atoms with E-state index >= 15 is 0 Å². The molecule has 0 aliphatic carbocycles. The quantitative estimate of drug-likeness (QED) is 0.829. The summed E-state index contributed by atoms with van der Waals surface area (Å²) in [5.41, 5.74) is 1.93. The Morgan fingerprint density at radius 1 is 1.62 bits per heavy atom. The Hall–Kier alpha value is -2.06. The number of fused-ring (bicyclic) bond motifs is 1. The van der Waals surface area contributed by atoms with E-state index in [1.165, 1.54) is 6.07 Å². The summed E-state index contributed by atoms with van der Waals surface area (Å²) in [7, 11) is 0. The second-order valence-electron chi connectivity index (χ2n) is 3.24. The van der Waals surface area contributed by atoms with Crippen molar-refractivity contribution in [2.24, 2.45) is 0 Å². The van der Waals surface area contributed by atoms with Gasteiger partial charge in [0.2, 0.25) is 5.28 Å². The van der Waals surface area contributed by atoms with E-state index in [4.69, 9.17) is 22.0 Å². The van der Waals surface area contributed by atoms with Crippen LogP contribution in [0, 0.1) is 11.3 Å². The molecule has 2 rings (SSSR count). The summed E-state index contributed by atoms with van der Waals surface area (Å²) in [4.78, 5) is 17.3. The Morgan fingerprint density at radius 3 is 3.00 bits per heavy atom. The number of nitrogens with zero attached hydrogens (tertiary/aromatic N) is 2. The van der Waals surface area contributed by atoms with Crippen LogP contribution in [0.5, 0.6) is 0 Å². The van der Waals surface area contributed by atoms with Crippen LogP contribution in [0.25, 0.3) is 11.0 Å². The standard InChI is InChI=1S/C10H6ClN3O2/c11-10-13-7-1-5(3-9(15)16)6(4-12)2-8(7)14-10/h1-2H,3H2,(H,13,14)(H,15,16). The van der Waals surface area contributed by atoms with Crippen LogP contribution in [0.4, 0.5) is 0 Å². The number of nitrogens with one attached hydrogen (secondary N) is 1. The summed E-state index contributed by atoms with van der Waals surface area (Å²) in [6.07, 6.45) is -0.199. The predicted octanol–water partition coefficient (Wildman–Crippen LogP) is 1.72. The number of carboxylic acids is 1. The SMILES string of the molecule is N#Cc1cc2nc(Cl)[nH]c2cc1CC(=O)O. The van der Waals surface area contributed by atoms with E-state index in [0.717, 1.165) is 0 Å². The van der Waals surface area contributed by atoms with Crippen molar-refractivity contribution in [2.75, 3.05) is 0 Å². The molecule has 0 unspecified atom stereocenters. The Bertz CT molecular complexity index is 612. The summed E-state index contributed by atoms with van der Waals surface area (Å²) in [5, 5.41) is 17.8. The molecule has 0 spiro atoms. The summed E-state index contributed by atoms with van der Waals surface area (Å²) < 4.78 is 0. The van der Waals surface area contributed by atoms with Gasteiger partial charge in [0.05, 0.1) is 29.1 Å². The molecule has 0 bridgehead atoms. The van der Waals surface area contributed by atoms with Gasteiger partial charge >= 0.3 is 5.97 Å². The van der Waals surface area contributed by atoms with E-state index < -0.39 is 5.97 Å². The van der Waals surface area contributed by atoms with Gasteiger partial charge in [-0.2, -0.15) is 5.26 Å². The maximum Gasteiger partial charge on any atom is 0.307 e. The smallest absolute Gasteiger partial charge is 0.307 e. The van der Waals surface area contributed by atoms with E-state index in [1.807, 2.05) is 6.07 Å². The van der Waals surface area contributed by atoms with Gasteiger partial charge in [0.15, 0.2) is 0 Å². The first-order valence-electron chi connectivity index (χ1n) is 4.40. The third-order valence-electron chi connectivity index (χ3n) is 2.14. The molecule has 16 heavy (non-hydrogen) atoms. The average molecular weight is 236 g/mol. The van der Waals surface area contributed by atoms with Crippen LogP contribution in [0.1, 0.15) is 11.1 Å². The zero-order valence-electron chi connectivity index (χ0n) is 7.99. The van der Waals surface area contributed by atoms with Crippen LogP contribution in [-0.2, 0) is 11.2 Å². The molecule has 0 amide bonds. The fraction of sp³-hybridized carbons (Fsp3) is 0.100. The number of aromatic nitrogens is 2. The minimum atomic E-state index is -0.985. The highest BCUT2D eigenvalue weighted by Gasteiger charge is 2.10. The molecule has 0 aliphatic heterocycles. The highest BCUT2D eigenvalue weighted by molar-refractivity contribution is 6.29. The van der Waals surface area contributed by atoms with Crippen LogP contribution in [0.2, 0.25) is 5.28 Å². The van der Waals surface area contributed by atoms with Gasteiger partial charge < -0.3 is 10.1 Å². The minimum Gasteiger partial charge on any atom is -0.481 e. The minimum absolute atomic E-state index is 0.199. The second-order valence-corrected chi connectivity index (χ2v) is 3.59. The number of nitriles is 1. The third kappa shape index (κ3) is 1.83. The number of H-pyrrole nitrogens is 1. The number of aliphatic carboxylic acids is 1. The Morgan fingerprint density at radius 2 is 2.38 bits per heavy atom. The molecule has 0 atom stereocenters. The molecule has 6 heteroatoms. The highest BCUT2D eigenvalue weighted by atomic mass is 35.5. The first kappa shape index (κ1) is 10.5. The molecule has 1 aromatic carbocycles. The van der Waals surface area contributed by atoms with E-state index in [2.05, 4.69) is 9.97 Å². The number of rotatable bonds is 2. The zero-order chi connectivity index (χ0) is 11.7. The van der Waals surface area contributed by atoms with Crippen molar-refractivity contribution in [1.82, 2.24) is 9.97 Å². The van der Waals surface area contributed by atoms with Gasteiger partial charge in [-0.15, -0.1) is 0 Å².